The molecular weight excluding hydrogens is 228 g/mol. The average molecular weight is 244 g/mol. The standard InChI is InChI=1S/C9H16N4O4/c10-9(11)12-7(13(16)17)5-1-3-6(4-2-5)8(14)15/h5-7H,1-4H2,(H,14,15)(H4,10,11,12)/t5-,6-,7?. The van der Waals surface area contributed by atoms with E-state index in [0.717, 1.165) is 0 Å². The van der Waals surface area contributed by atoms with Crippen LogP contribution < -0.4 is 11.1 Å². The van der Waals surface area contributed by atoms with Crippen LogP contribution in [0.4, 0.5) is 0 Å². The van der Waals surface area contributed by atoms with E-state index in [1.54, 1.807) is 0 Å². The number of nitro groups is 1. The fraction of sp³-hybridized carbons (Fsp3) is 0.778. The molecule has 1 saturated carbocycles. The Labute approximate surface area is 97.8 Å². The number of hydrogen-bond donors (Lipinski definition) is 4. The SMILES string of the molecule is N=C(N)NC([C@H]1CC[C@H](C(=O)O)CC1)[N+](=O)[O-]. The second kappa shape index (κ2) is 5.46. The van der Waals surface area contributed by atoms with E-state index in [0.29, 0.717) is 25.7 Å². The van der Waals surface area contributed by atoms with Crippen LogP contribution >= 0.6 is 0 Å². The highest BCUT2D eigenvalue weighted by Gasteiger charge is 2.36. The van der Waals surface area contributed by atoms with Crippen LogP contribution in [-0.4, -0.2) is 28.1 Å². The number of rotatable bonds is 4. The maximum absolute atomic E-state index is 10.8. The Morgan fingerprint density at radius 2 is 2.00 bits per heavy atom. The first-order valence-electron chi connectivity index (χ1n) is 5.38. The lowest BCUT2D eigenvalue weighted by atomic mass is 9.80. The van der Waals surface area contributed by atoms with E-state index in [1.807, 2.05) is 0 Å². The number of carbonyl (C=O) groups is 1. The molecule has 1 rings (SSSR count). The van der Waals surface area contributed by atoms with E-state index >= 15 is 0 Å². The lowest BCUT2D eigenvalue weighted by Gasteiger charge is -2.28. The predicted octanol–water partition coefficient (Wildman–Crippen LogP) is -0.0367. The average Bonchev–Trinajstić information content (AvgIpc) is 2.25. The Morgan fingerprint density at radius 1 is 1.47 bits per heavy atom. The van der Waals surface area contributed by atoms with E-state index in [1.165, 1.54) is 0 Å². The van der Waals surface area contributed by atoms with Gasteiger partial charge < -0.3 is 10.8 Å². The molecule has 8 heteroatoms. The Bertz CT molecular complexity index is 325. The second-order valence-electron chi connectivity index (χ2n) is 4.24. The van der Waals surface area contributed by atoms with Crippen molar-refractivity contribution < 1.29 is 14.8 Å². The highest BCUT2D eigenvalue weighted by molar-refractivity contribution is 5.74. The van der Waals surface area contributed by atoms with Gasteiger partial charge in [0.05, 0.1) is 5.92 Å². The van der Waals surface area contributed by atoms with Crippen LogP contribution in [0.1, 0.15) is 25.7 Å². The van der Waals surface area contributed by atoms with E-state index in [4.69, 9.17) is 16.2 Å². The molecule has 0 radical (unpaired) electrons. The molecule has 1 atom stereocenters. The van der Waals surface area contributed by atoms with Gasteiger partial charge in [0.15, 0.2) is 5.96 Å². The van der Waals surface area contributed by atoms with Crippen molar-refractivity contribution in [1.29, 1.82) is 5.41 Å². The molecule has 17 heavy (non-hydrogen) atoms. The highest BCUT2D eigenvalue weighted by atomic mass is 16.6. The molecule has 0 aromatic carbocycles. The maximum atomic E-state index is 10.8. The fourth-order valence-electron chi connectivity index (χ4n) is 2.18. The molecule has 8 nitrogen and oxygen atoms in total. The summed E-state index contributed by atoms with van der Waals surface area (Å²) < 4.78 is 0. The molecule has 1 fully saturated rings. The van der Waals surface area contributed by atoms with Gasteiger partial charge in [0.25, 0.3) is 6.17 Å². The van der Waals surface area contributed by atoms with E-state index < -0.39 is 28.9 Å². The summed E-state index contributed by atoms with van der Waals surface area (Å²) in [7, 11) is 0. The van der Waals surface area contributed by atoms with Crippen LogP contribution in [0.25, 0.3) is 0 Å². The first kappa shape index (κ1) is 13.2. The number of hydrogen-bond acceptors (Lipinski definition) is 4. The molecule has 0 aromatic heterocycles. The third-order valence-corrected chi connectivity index (χ3v) is 3.10. The number of aliphatic carboxylic acids is 1. The molecule has 0 aromatic rings. The summed E-state index contributed by atoms with van der Waals surface area (Å²) in [6, 6.07) is 0. The minimum atomic E-state index is -1.10. The quantitative estimate of drug-likeness (QED) is 0.180. The summed E-state index contributed by atoms with van der Waals surface area (Å²) in [6.07, 6.45) is 0.696. The predicted molar refractivity (Wildman–Crippen MR) is 58.9 cm³/mol. The van der Waals surface area contributed by atoms with Crippen LogP contribution in [0.5, 0.6) is 0 Å². The third-order valence-electron chi connectivity index (χ3n) is 3.10. The van der Waals surface area contributed by atoms with Crippen molar-refractivity contribution in [1.82, 2.24) is 5.32 Å². The molecule has 1 aliphatic rings. The van der Waals surface area contributed by atoms with Crippen molar-refractivity contribution in [3.63, 3.8) is 0 Å². The molecule has 0 amide bonds. The van der Waals surface area contributed by atoms with Gasteiger partial charge in [-0.2, -0.15) is 0 Å². The first-order valence-corrected chi connectivity index (χ1v) is 5.38. The topological polar surface area (TPSA) is 142 Å². The van der Waals surface area contributed by atoms with Gasteiger partial charge in [-0.05, 0) is 25.7 Å². The Balaban J connectivity index is 2.57. The number of guanidine groups is 1. The van der Waals surface area contributed by atoms with Crippen molar-refractivity contribution in [2.45, 2.75) is 31.8 Å². The van der Waals surface area contributed by atoms with Crippen molar-refractivity contribution in [3.8, 4) is 0 Å². The molecule has 1 unspecified atom stereocenters. The Kier molecular flexibility index (Phi) is 4.24. The third kappa shape index (κ3) is 3.58. The monoisotopic (exact) mass is 244 g/mol. The van der Waals surface area contributed by atoms with Crippen LogP contribution in [0.15, 0.2) is 0 Å². The number of nitrogens with two attached hydrogens (primary N) is 1. The Morgan fingerprint density at radius 3 is 2.35 bits per heavy atom. The number of carboxylic acids is 1. The largest absolute Gasteiger partial charge is 0.481 e. The molecule has 0 bridgehead atoms. The molecular formula is C9H16N4O4. The van der Waals surface area contributed by atoms with Crippen molar-refractivity contribution >= 4 is 11.9 Å². The van der Waals surface area contributed by atoms with E-state index in [9.17, 15) is 14.9 Å². The summed E-state index contributed by atoms with van der Waals surface area (Å²) in [5.41, 5.74) is 5.09. The summed E-state index contributed by atoms with van der Waals surface area (Å²) in [6.45, 7) is 0. The Hall–Kier alpha value is -1.86. The number of nitrogens with one attached hydrogen (secondary N) is 2. The zero-order chi connectivity index (χ0) is 13.0. The van der Waals surface area contributed by atoms with E-state index in [2.05, 4.69) is 5.32 Å². The van der Waals surface area contributed by atoms with Gasteiger partial charge in [0, 0.05) is 10.8 Å². The summed E-state index contributed by atoms with van der Waals surface area (Å²) in [5, 5.41) is 29.0. The summed E-state index contributed by atoms with van der Waals surface area (Å²) in [4.78, 5) is 21.1. The van der Waals surface area contributed by atoms with Crippen LogP contribution in [0.3, 0.4) is 0 Å². The molecule has 0 saturated heterocycles. The van der Waals surface area contributed by atoms with Gasteiger partial charge in [0.1, 0.15) is 0 Å². The smallest absolute Gasteiger partial charge is 0.306 e. The summed E-state index contributed by atoms with van der Waals surface area (Å²) in [5.74, 6) is -1.96. The molecule has 0 heterocycles. The van der Waals surface area contributed by atoms with Crippen LogP contribution in [-0.2, 0) is 4.79 Å². The van der Waals surface area contributed by atoms with Gasteiger partial charge in [-0.15, -0.1) is 0 Å². The highest BCUT2D eigenvalue weighted by Crippen LogP contribution is 2.31. The normalized spacial score (nSPS) is 25.9. The number of carboxylic acid groups (broad SMARTS) is 1. The van der Waals surface area contributed by atoms with E-state index in [-0.39, 0.29) is 5.92 Å². The second-order valence-corrected chi connectivity index (χ2v) is 4.24. The molecule has 0 spiro atoms. The van der Waals surface area contributed by atoms with Gasteiger partial charge in [-0.1, -0.05) is 0 Å². The summed E-state index contributed by atoms with van der Waals surface area (Å²) >= 11 is 0. The number of nitrogens with zero attached hydrogens (tertiary/aromatic N) is 1. The molecule has 1 aliphatic carbocycles. The minimum absolute atomic E-state index is 0.274. The van der Waals surface area contributed by atoms with Gasteiger partial charge >= 0.3 is 5.97 Å². The van der Waals surface area contributed by atoms with Crippen LogP contribution in [0.2, 0.25) is 0 Å². The van der Waals surface area contributed by atoms with Crippen molar-refractivity contribution in [2.24, 2.45) is 17.6 Å². The zero-order valence-corrected chi connectivity index (χ0v) is 9.26. The maximum Gasteiger partial charge on any atom is 0.306 e. The zero-order valence-electron chi connectivity index (χ0n) is 9.26. The molecule has 0 aliphatic heterocycles. The molecule has 5 N–H and O–H groups in total. The first-order chi connectivity index (χ1) is 7.91. The van der Waals surface area contributed by atoms with Crippen LogP contribution in [0, 0.1) is 27.4 Å². The van der Waals surface area contributed by atoms with Gasteiger partial charge in [-0.3, -0.25) is 25.6 Å². The molecule has 96 valence electrons. The van der Waals surface area contributed by atoms with Gasteiger partial charge in [-0.25, -0.2) is 0 Å². The lowest BCUT2D eigenvalue weighted by Crippen LogP contribution is -2.49. The van der Waals surface area contributed by atoms with Crippen molar-refractivity contribution in [2.75, 3.05) is 0 Å². The minimum Gasteiger partial charge on any atom is -0.481 e. The lowest BCUT2D eigenvalue weighted by molar-refractivity contribution is -0.537. The van der Waals surface area contributed by atoms with Crippen molar-refractivity contribution in [3.05, 3.63) is 10.1 Å². The fourth-order valence-corrected chi connectivity index (χ4v) is 2.18. The van der Waals surface area contributed by atoms with Gasteiger partial charge in [0.2, 0.25) is 0 Å².